The molecule has 4 heteroatoms. The lowest BCUT2D eigenvalue weighted by molar-refractivity contribution is -0.120. The quantitative estimate of drug-likeness (QED) is 0.326. The Hall–Kier alpha value is -0.500. The van der Waals surface area contributed by atoms with Crippen LogP contribution in [0.3, 0.4) is 0 Å². The molecular formula is C32H59NO2S. The molecule has 0 spiro atoms. The van der Waals surface area contributed by atoms with E-state index in [1.54, 1.807) is 0 Å². The lowest BCUT2D eigenvalue weighted by Crippen LogP contribution is -2.26. The van der Waals surface area contributed by atoms with E-state index in [0.717, 1.165) is 62.6 Å². The van der Waals surface area contributed by atoms with E-state index in [1.165, 1.54) is 82.4 Å². The van der Waals surface area contributed by atoms with Gasteiger partial charge in [0, 0.05) is 31.5 Å². The van der Waals surface area contributed by atoms with Crippen LogP contribution in [0.1, 0.15) is 118 Å². The number of carbonyl (C=O) groups excluding carboxylic acids is 1. The Kier molecular flexibility index (Phi) is 19.1. The Balaban J connectivity index is 0.000000227. The molecule has 0 aromatic rings. The highest BCUT2D eigenvalue weighted by molar-refractivity contribution is 7.99. The Morgan fingerprint density at radius 2 is 1.47 bits per heavy atom. The molecule has 5 fully saturated rings. The molecule has 5 rings (SSSR count). The molecule has 0 aromatic heterocycles. The smallest absolute Gasteiger partial charge is 0.132 e. The predicted octanol–water partition coefficient (Wildman–Crippen LogP) is 8.16. The van der Waals surface area contributed by atoms with Gasteiger partial charge in [0.15, 0.2) is 0 Å². The maximum Gasteiger partial charge on any atom is 0.132 e. The summed E-state index contributed by atoms with van der Waals surface area (Å²) in [5.74, 6) is 9.75. The minimum atomic E-state index is 0.248. The van der Waals surface area contributed by atoms with Gasteiger partial charge >= 0.3 is 0 Å². The number of thioether (sulfide) groups is 1. The first-order chi connectivity index (χ1) is 17.2. The summed E-state index contributed by atoms with van der Waals surface area (Å²) < 4.78 is 5.06. The molecule has 210 valence electrons. The molecule has 3 heterocycles. The summed E-state index contributed by atoms with van der Waals surface area (Å²) in [5, 5.41) is 3.32. The molecule has 3 nitrogen and oxygen atoms in total. The van der Waals surface area contributed by atoms with Gasteiger partial charge in [-0.15, -0.1) is 12.3 Å². The number of ketones is 1. The van der Waals surface area contributed by atoms with Gasteiger partial charge in [-0.3, -0.25) is 4.79 Å². The molecule has 0 amide bonds. The van der Waals surface area contributed by atoms with E-state index in [1.807, 2.05) is 0 Å². The molecule has 2 unspecified atom stereocenters. The van der Waals surface area contributed by atoms with Crippen LogP contribution < -0.4 is 5.32 Å². The second-order valence-corrected chi connectivity index (χ2v) is 13.5. The fraction of sp³-hybridized carbons (Fsp3) is 0.906. The van der Waals surface area contributed by atoms with E-state index >= 15 is 0 Å². The third-order valence-electron chi connectivity index (χ3n) is 8.08. The van der Waals surface area contributed by atoms with Crippen LogP contribution in [-0.2, 0) is 9.53 Å². The topological polar surface area (TPSA) is 38.3 Å². The number of rotatable bonds is 0. The van der Waals surface area contributed by atoms with Crippen molar-refractivity contribution >= 4 is 17.5 Å². The van der Waals surface area contributed by atoms with E-state index in [2.05, 4.69) is 57.6 Å². The number of nitrogens with one attached hydrogen (secondary N) is 1. The van der Waals surface area contributed by atoms with Crippen LogP contribution >= 0.6 is 11.8 Å². The molecule has 0 aromatic carbocycles. The van der Waals surface area contributed by atoms with E-state index in [4.69, 9.17) is 11.2 Å². The van der Waals surface area contributed by atoms with Crippen LogP contribution in [0.4, 0.5) is 0 Å². The number of ether oxygens (including phenoxy) is 1. The van der Waals surface area contributed by atoms with Crippen molar-refractivity contribution in [3.63, 3.8) is 0 Å². The number of hydrogen-bond acceptors (Lipinski definition) is 4. The minimum absolute atomic E-state index is 0.248. The largest absolute Gasteiger partial charge is 0.381 e. The molecule has 0 bridgehead atoms. The molecule has 2 aliphatic carbocycles. The number of hydrogen-bond donors (Lipinski definition) is 1. The second kappa shape index (κ2) is 20.5. The number of Topliss-reactive ketones (excluding diaryl/α,β-unsaturated/α-hetero) is 1. The highest BCUT2D eigenvalue weighted by Gasteiger charge is 2.23. The molecule has 0 radical (unpaired) electrons. The summed E-state index contributed by atoms with van der Waals surface area (Å²) in [5.41, 5.74) is 0.248. The molecule has 36 heavy (non-hydrogen) atoms. The van der Waals surface area contributed by atoms with Crippen LogP contribution in [0.15, 0.2) is 0 Å². The number of carbonyl (C=O) groups is 1. The highest BCUT2D eigenvalue weighted by Crippen LogP contribution is 2.34. The van der Waals surface area contributed by atoms with Crippen molar-refractivity contribution in [3.8, 4) is 12.3 Å². The van der Waals surface area contributed by atoms with Gasteiger partial charge in [-0.1, -0.05) is 47.0 Å². The maximum absolute atomic E-state index is 10.6. The zero-order valence-corrected chi connectivity index (χ0v) is 25.4. The van der Waals surface area contributed by atoms with Crippen molar-refractivity contribution in [2.24, 2.45) is 29.1 Å². The average Bonchev–Trinajstić information content (AvgIpc) is 3.57. The van der Waals surface area contributed by atoms with E-state index in [-0.39, 0.29) is 5.41 Å². The van der Waals surface area contributed by atoms with Crippen molar-refractivity contribution in [2.75, 3.05) is 37.8 Å². The Bertz CT molecular complexity index is 553. The summed E-state index contributed by atoms with van der Waals surface area (Å²) in [7, 11) is 0. The van der Waals surface area contributed by atoms with Crippen LogP contribution in [0.5, 0.6) is 0 Å². The number of piperidine rings is 1. The highest BCUT2D eigenvalue weighted by atomic mass is 32.2. The maximum atomic E-state index is 10.6. The summed E-state index contributed by atoms with van der Waals surface area (Å²) in [6.07, 6.45) is 21.3. The molecule has 2 saturated carbocycles. The molecule has 2 atom stereocenters. The van der Waals surface area contributed by atoms with Gasteiger partial charge in [0.1, 0.15) is 5.78 Å². The first-order valence-electron chi connectivity index (χ1n) is 15.1. The second-order valence-electron chi connectivity index (χ2n) is 12.4. The first-order valence-corrected chi connectivity index (χ1v) is 16.2. The Morgan fingerprint density at radius 1 is 0.861 bits per heavy atom. The molecule has 1 N–H and O–H groups in total. The third kappa shape index (κ3) is 17.9. The Labute approximate surface area is 229 Å². The van der Waals surface area contributed by atoms with E-state index in [9.17, 15) is 4.79 Å². The first kappa shape index (κ1) is 33.5. The number of terminal acetylenes is 1. The molecule has 3 saturated heterocycles. The molecule has 3 aliphatic heterocycles. The van der Waals surface area contributed by atoms with Crippen molar-refractivity contribution in [2.45, 2.75) is 118 Å². The fourth-order valence-electron chi connectivity index (χ4n) is 4.83. The monoisotopic (exact) mass is 521 g/mol. The fourth-order valence-corrected chi connectivity index (χ4v) is 6.14. The van der Waals surface area contributed by atoms with Gasteiger partial charge in [-0.05, 0) is 107 Å². The SMILES string of the molecule is C#CC1(C)CCCCC1.CC1CCC(=O)CC1.CC1CCNCC1.CC1CCOC1.CC1CCSC1. The zero-order valence-electron chi connectivity index (χ0n) is 24.5. The van der Waals surface area contributed by atoms with Crippen molar-refractivity contribution in [1.82, 2.24) is 5.32 Å². The van der Waals surface area contributed by atoms with Gasteiger partial charge in [0.25, 0.3) is 0 Å². The predicted molar refractivity (Wildman–Crippen MR) is 160 cm³/mol. The van der Waals surface area contributed by atoms with Gasteiger partial charge in [0.05, 0.1) is 0 Å². The standard InChI is InChI=1S/C9H14.C7H12O.C6H13N.C5H10O.C5H10S/c1-3-9(2)7-5-4-6-8-9;1-6-2-4-7(8)5-3-6;1-6-2-4-7-5-3-6;2*1-5-2-3-6-4-5/h1H,4-8H2,2H3;6H,2-5H2,1H3;6-7H,2-5H2,1H3;2*5H,2-4H2,1H3. The summed E-state index contributed by atoms with van der Waals surface area (Å²) in [6, 6.07) is 0. The van der Waals surface area contributed by atoms with Gasteiger partial charge in [-0.25, -0.2) is 0 Å². The van der Waals surface area contributed by atoms with Crippen LogP contribution in [0.25, 0.3) is 0 Å². The van der Waals surface area contributed by atoms with Gasteiger partial charge < -0.3 is 10.1 Å². The molecule has 5 aliphatic rings. The van der Waals surface area contributed by atoms with E-state index < -0.39 is 0 Å². The van der Waals surface area contributed by atoms with Crippen molar-refractivity contribution in [3.05, 3.63) is 0 Å². The van der Waals surface area contributed by atoms with Crippen LogP contribution in [0.2, 0.25) is 0 Å². The zero-order chi connectivity index (χ0) is 26.7. The van der Waals surface area contributed by atoms with Crippen molar-refractivity contribution < 1.29 is 9.53 Å². The van der Waals surface area contributed by atoms with Crippen molar-refractivity contribution in [1.29, 1.82) is 0 Å². The Morgan fingerprint density at radius 3 is 1.75 bits per heavy atom. The van der Waals surface area contributed by atoms with Crippen LogP contribution in [-0.4, -0.2) is 43.6 Å². The lowest BCUT2D eigenvalue weighted by Gasteiger charge is -2.27. The van der Waals surface area contributed by atoms with E-state index in [0.29, 0.717) is 5.78 Å². The van der Waals surface area contributed by atoms with Crippen LogP contribution in [0, 0.1) is 41.4 Å². The van der Waals surface area contributed by atoms with Gasteiger partial charge in [-0.2, -0.15) is 11.8 Å². The third-order valence-corrected chi connectivity index (χ3v) is 9.41. The minimum Gasteiger partial charge on any atom is -0.381 e. The molecular weight excluding hydrogens is 462 g/mol. The normalized spacial score (nSPS) is 27.9. The summed E-state index contributed by atoms with van der Waals surface area (Å²) >= 11 is 2.08. The lowest BCUT2D eigenvalue weighted by atomic mass is 9.77. The van der Waals surface area contributed by atoms with Gasteiger partial charge in [0.2, 0.25) is 0 Å². The summed E-state index contributed by atoms with van der Waals surface area (Å²) in [6.45, 7) is 15.7. The average molecular weight is 522 g/mol. The summed E-state index contributed by atoms with van der Waals surface area (Å²) in [4.78, 5) is 10.6.